The van der Waals surface area contributed by atoms with Crippen molar-refractivity contribution in [1.29, 1.82) is 0 Å². The average Bonchev–Trinajstić information content (AvgIpc) is 2.29. The van der Waals surface area contributed by atoms with Crippen LogP contribution in [0.4, 0.5) is 5.69 Å². The van der Waals surface area contributed by atoms with E-state index in [9.17, 15) is 8.42 Å². The van der Waals surface area contributed by atoms with E-state index in [2.05, 4.69) is 20.7 Å². The maximum absolute atomic E-state index is 12.1. The van der Waals surface area contributed by atoms with Crippen LogP contribution in [0, 0.1) is 5.92 Å². The zero-order valence-corrected chi connectivity index (χ0v) is 13.6. The van der Waals surface area contributed by atoms with Gasteiger partial charge in [0.1, 0.15) is 0 Å². The largest absolute Gasteiger partial charge is 0.283 e. The van der Waals surface area contributed by atoms with Gasteiger partial charge in [0.05, 0.1) is 11.4 Å². The molecule has 19 heavy (non-hydrogen) atoms. The van der Waals surface area contributed by atoms with Gasteiger partial charge in [-0.05, 0) is 42.5 Å². The normalized spacial score (nSPS) is 16.1. The summed E-state index contributed by atoms with van der Waals surface area (Å²) >= 11 is 3.41. The summed E-state index contributed by atoms with van der Waals surface area (Å²) in [4.78, 5) is 0. The molecule has 0 bridgehead atoms. The lowest BCUT2D eigenvalue weighted by Gasteiger charge is -2.25. The van der Waals surface area contributed by atoms with Gasteiger partial charge in [-0.3, -0.25) is 4.72 Å². The first-order valence-electron chi connectivity index (χ1n) is 6.79. The molecule has 0 aromatic heterocycles. The Bertz CT molecular complexity index is 538. The first-order valence-corrected chi connectivity index (χ1v) is 9.23. The van der Waals surface area contributed by atoms with E-state index >= 15 is 0 Å². The Kier molecular flexibility index (Phi) is 4.90. The molecule has 3 nitrogen and oxygen atoms in total. The summed E-state index contributed by atoms with van der Waals surface area (Å²) in [6, 6.07) is 5.65. The molecule has 0 unspecified atom stereocenters. The van der Waals surface area contributed by atoms with E-state index in [0.29, 0.717) is 11.6 Å². The molecule has 0 saturated heterocycles. The Morgan fingerprint density at radius 1 is 1.37 bits per heavy atom. The van der Waals surface area contributed by atoms with Gasteiger partial charge in [-0.2, -0.15) is 0 Å². The minimum absolute atomic E-state index is 0.233. The van der Waals surface area contributed by atoms with Crippen molar-refractivity contribution >= 4 is 31.6 Å². The number of hydrogen-bond donors (Lipinski definition) is 1. The predicted molar refractivity (Wildman–Crippen MR) is 82.9 cm³/mol. The summed E-state index contributed by atoms with van der Waals surface area (Å²) in [5, 5.41) is 0. The summed E-state index contributed by atoms with van der Waals surface area (Å²) in [5.41, 5.74) is 1.72. The van der Waals surface area contributed by atoms with E-state index < -0.39 is 10.0 Å². The fourth-order valence-corrected chi connectivity index (χ4v) is 3.96. The van der Waals surface area contributed by atoms with Crippen molar-refractivity contribution in [2.45, 2.75) is 39.0 Å². The average molecular weight is 346 g/mol. The minimum atomic E-state index is -3.22. The van der Waals surface area contributed by atoms with Crippen LogP contribution in [0.1, 0.15) is 38.2 Å². The van der Waals surface area contributed by atoms with Crippen LogP contribution in [0.15, 0.2) is 22.7 Å². The summed E-state index contributed by atoms with van der Waals surface area (Å²) in [6.07, 6.45) is 5.22. The molecule has 0 heterocycles. The van der Waals surface area contributed by atoms with Crippen LogP contribution in [-0.4, -0.2) is 14.2 Å². The van der Waals surface area contributed by atoms with Crippen LogP contribution >= 0.6 is 15.9 Å². The maximum atomic E-state index is 12.1. The quantitative estimate of drug-likeness (QED) is 0.848. The van der Waals surface area contributed by atoms with E-state index in [-0.39, 0.29) is 5.75 Å². The molecule has 1 aromatic rings. The van der Waals surface area contributed by atoms with Crippen molar-refractivity contribution in [3.05, 3.63) is 28.2 Å². The first kappa shape index (κ1) is 14.9. The van der Waals surface area contributed by atoms with Gasteiger partial charge in [0.2, 0.25) is 10.0 Å². The topological polar surface area (TPSA) is 46.2 Å². The second kappa shape index (κ2) is 6.27. The maximum Gasteiger partial charge on any atom is 0.232 e. The molecule has 0 radical (unpaired) electrons. The van der Waals surface area contributed by atoms with Crippen molar-refractivity contribution in [2.75, 3.05) is 10.5 Å². The van der Waals surface area contributed by atoms with Crippen LogP contribution < -0.4 is 4.72 Å². The number of rotatable bonds is 6. The zero-order valence-electron chi connectivity index (χ0n) is 11.2. The second-order valence-corrected chi connectivity index (χ2v) is 7.92. The monoisotopic (exact) mass is 345 g/mol. The van der Waals surface area contributed by atoms with Crippen molar-refractivity contribution < 1.29 is 8.42 Å². The molecule has 0 atom stereocenters. The molecular weight excluding hydrogens is 326 g/mol. The molecule has 5 heteroatoms. The Labute approximate surface area is 124 Å². The molecule has 1 N–H and O–H groups in total. The molecule has 0 amide bonds. The highest BCUT2D eigenvalue weighted by Crippen LogP contribution is 2.30. The first-order chi connectivity index (χ1) is 9.00. The van der Waals surface area contributed by atoms with E-state index in [1.54, 1.807) is 0 Å². The molecular formula is C14H20BrNO2S. The van der Waals surface area contributed by atoms with E-state index in [0.717, 1.165) is 22.9 Å². The zero-order chi connectivity index (χ0) is 13.9. The standard InChI is InChI=1S/C14H20BrNO2S/c1-2-12-10-13(15)6-7-14(12)16-19(17,18)9-8-11-4-3-5-11/h6-7,10-11,16H,2-5,8-9H2,1H3. The van der Waals surface area contributed by atoms with Crippen molar-refractivity contribution in [1.82, 2.24) is 0 Å². The van der Waals surface area contributed by atoms with Gasteiger partial charge in [0.25, 0.3) is 0 Å². The van der Waals surface area contributed by atoms with Gasteiger partial charge in [0.15, 0.2) is 0 Å². The second-order valence-electron chi connectivity index (χ2n) is 5.16. The van der Waals surface area contributed by atoms with Crippen LogP contribution in [0.5, 0.6) is 0 Å². The summed E-state index contributed by atoms with van der Waals surface area (Å²) in [7, 11) is -3.22. The third-order valence-corrected chi connectivity index (χ3v) is 5.53. The molecule has 0 spiro atoms. The fraction of sp³-hybridized carbons (Fsp3) is 0.571. The highest BCUT2D eigenvalue weighted by Gasteiger charge is 2.21. The van der Waals surface area contributed by atoms with Gasteiger partial charge >= 0.3 is 0 Å². The van der Waals surface area contributed by atoms with E-state index in [4.69, 9.17) is 0 Å². The van der Waals surface area contributed by atoms with Gasteiger partial charge in [-0.1, -0.05) is 42.1 Å². The summed E-state index contributed by atoms with van der Waals surface area (Å²) < 4.78 is 27.8. The molecule has 1 aliphatic carbocycles. The molecule has 1 fully saturated rings. The van der Waals surface area contributed by atoms with Gasteiger partial charge in [-0.25, -0.2) is 8.42 Å². The molecule has 1 saturated carbocycles. The molecule has 2 rings (SSSR count). The Morgan fingerprint density at radius 2 is 2.11 bits per heavy atom. The van der Waals surface area contributed by atoms with Crippen molar-refractivity contribution in [2.24, 2.45) is 5.92 Å². The number of benzene rings is 1. The lowest BCUT2D eigenvalue weighted by Crippen LogP contribution is -2.22. The van der Waals surface area contributed by atoms with Crippen molar-refractivity contribution in [3.63, 3.8) is 0 Å². The minimum Gasteiger partial charge on any atom is -0.283 e. The molecule has 0 aliphatic heterocycles. The molecule has 1 aliphatic rings. The van der Waals surface area contributed by atoms with Gasteiger partial charge < -0.3 is 0 Å². The van der Waals surface area contributed by atoms with E-state index in [1.807, 2.05) is 25.1 Å². The van der Waals surface area contributed by atoms with Gasteiger partial charge in [-0.15, -0.1) is 0 Å². The Hall–Kier alpha value is -0.550. The summed E-state index contributed by atoms with van der Waals surface area (Å²) in [5.74, 6) is 0.851. The number of sulfonamides is 1. The molecule has 1 aromatic carbocycles. The van der Waals surface area contributed by atoms with Crippen LogP contribution in [0.3, 0.4) is 0 Å². The molecule has 106 valence electrons. The van der Waals surface area contributed by atoms with Crippen LogP contribution in [0.2, 0.25) is 0 Å². The Morgan fingerprint density at radius 3 is 2.68 bits per heavy atom. The third-order valence-electron chi connectivity index (χ3n) is 3.73. The number of aryl methyl sites for hydroxylation is 1. The van der Waals surface area contributed by atoms with E-state index in [1.165, 1.54) is 19.3 Å². The number of anilines is 1. The predicted octanol–water partition coefficient (Wildman–Crippen LogP) is 3.94. The van der Waals surface area contributed by atoms with Crippen LogP contribution in [0.25, 0.3) is 0 Å². The van der Waals surface area contributed by atoms with Gasteiger partial charge in [0, 0.05) is 4.47 Å². The number of halogens is 1. The van der Waals surface area contributed by atoms with Crippen molar-refractivity contribution in [3.8, 4) is 0 Å². The third kappa shape index (κ3) is 4.21. The highest BCUT2D eigenvalue weighted by atomic mass is 79.9. The number of hydrogen-bond acceptors (Lipinski definition) is 2. The summed E-state index contributed by atoms with van der Waals surface area (Å²) in [6.45, 7) is 2.02. The SMILES string of the molecule is CCc1cc(Br)ccc1NS(=O)(=O)CCC1CCC1. The lowest BCUT2D eigenvalue weighted by atomic mass is 9.84. The lowest BCUT2D eigenvalue weighted by molar-refractivity contribution is 0.307. The number of nitrogens with one attached hydrogen (secondary N) is 1. The fourth-order valence-electron chi connectivity index (χ4n) is 2.28. The van der Waals surface area contributed by atoms with Crippen LogP contribution in [-0.2, 0) is 16.4 Å². The smallest absolute Gasteiger partial charge is 0.232 e. The highest BCUT2D eigenvalue weighted by molar-refractivity contribution is 9.10. The Balaban J connectivity index is 2.02.